The number of nitrogens with one attached hydrogen (secondary N) is 1. The second-order valence-corrected chi connectivity index (χ2v) is 4.09. The Morgan fingerprint density at radius 2 is 2.11 bits per heavy atom. The fourth-order valence-corrected chi connectivity index (χ4v) is 1.59. The maximum absolute atomic E-state index is 11.6. The van der Waals surface area contributed by atoms with Gasteiger partial charge in [0, 0.05) is 6.42 Å². The van der Waals surface area contributed by atoms with Gasteiger partial charge < -0.3 is 16.2 Å². The molecule has 1 amide bonds. The van der Waals surface area contributed by atoms with Crippen LogP contribution < -0.4 is 11.1 Å². The van der Waals surface area contributed by atoms with Crippen molar-refractivity contribution in [2.45, 2.75) is 24.9 Å². The average Bonchev–Trinajstić information content (AvgIpc) is 2.39. The van der Waals surface area contributed by atoms with Crippen LogP contribution in [-0.2, 0) is 11.2 Å². The quantitative estimate of drug-likeness (QED) is 0.621. The normalized spacial score (nSPS) is 13.4. The van der Waals surface area contributed by atoms with E-state index in [0.717, 1.165) is 5.56 Å². The zero-order valence-electron chi connectivity index (χ0n) is 10.2. The van der Waals surface area contributed by atoms with Crippen molar-refractivity contribution < 1.29 is 9.90 Å². The van der Waals surface area contributed by atoms with Gasteiger partial charge in [0.15, 0.2) is 0 Å². The van der Waals surface area contributed by atoms with Crippen LogP contribution in [0.5, 0.6) is 0 Å². The van der Waals surface area contributed by atoms with Gasteiger partial charge in [0.25, 0.3) is 0 Å². The summed E-state index contributed by atoms with van der Waals surface area (Å²) in [7, 11) is 0. The van der Waals surface area contributed by atoms with Gasteiger partial charge in [-0.05, 0) is 12.0 Å². The second-order valence-electron chi connectivity index (χ2n) is 4.09. The van der Waals surface area contributed by atoms with E-state index in [1.165, 1.54) is 0 Å². The van der Waals surface area contributed by atoms with Crippen molar-refractivity contribution in [1.29, 1.82) is 0 Å². The van der Waals surface area contributed by atoms with Gasteiger partial charge in [-0.25, -0.2) is 0 Å². The number of carbonyl (C=O) groups excluding carboxylic acids is 1. The molecule has 0 saturated heterocycles. The summed E-state index contributed by atoms with van der Waals surface area (Å²) in [5, 5.41) is 11.9. The summed E-state index contributed by atoms with van der Waals surface area (Å²) < 4.78 is 0. The largest absolute Gasteiger partial charge is 0.394 e. The lowest BCUT2D eigenvalue weighted by Crippen LogP contribution is -2.47. The second kappa shape index (κ2) is 7.49. The van der Waals surface area contributed by atoms with Gasteiger partial charge in [-0.15, -0.1) is 12.3 Å². The fourth-order valence-electron chi connectivity index (χ4n) is 1.59. The van der Waals surface area contributed by atoms with E-state index in [-0.39, 0.29) is 25.0 Å². The third kappa shape index (κ3) is 4.58. The fraction of sp³-hybridized carbons (Fsp3) is 0.357. The van der Waals surface area contributed by atoms with E-state index in [1.54, 1.807) is 0 Å². The third-order valence-electron chi connectivity index (χ3n) is 2.57. The van der Waals surface area contributed by atoms with Crippen LogP contribution in [0.3, 0.4) is 0 Å². The molecular formula is C14H18N2O2. The number of rotatable bonds is 6. The van der Waals surface area contributed by atoms with Crippen molar-refractivity contribution in [1.82, 2.24) is 5.32 Å². The molecule has 1 unspecified atom stereocenters. The van der Waals surface area contributed by atoms with Crippen LogP contribution in [0.4, 0.5) is 0 Å². The van der Waals surface area contributed by atoms with Crippen molar-refractivity contribution in [3.63, 3.8) is 0 Å². The molecule has 1 aromatic rings. The van der Waals surface area contributed by atoms with E-state index in [2.05, 4.69) is 11.2 Å². The van der Waals surface area contributed by atoms with Gasteiger partial charge in [0.2, 0.25) is 5.91 Å². The number of nitrogens with two attached hydrogens (primary N) is 1. The van der Waals surface area contributed by atoms with Crippen molar-refractivity contribution >= 4 is 5.91 Å². The SMILES string of the molecule is C#CCC(N)C(=O)N[C@H](CO)Cc1ccccc1. The van der Waals surface area contributed by atoms with E-state index in [4.69, 9.17) is 12.2 Å². The topological polar surface area (TPSA) is 75.4 Å². The first-order valence-corrected chi connectivity index (χ1v) is 5.81. The molecule has 0 aromatic heterocycles. The minimum atomic E-state index is -0.722. The molecule has 0 aliphatic rings. The predicted molar refractivity (Wildman–Crippen MR) is 70.6 cm³/mol. The number of aliphatic hydroxyl groups excluding tert-OH is 1. The van der Waals surface area contributed by atoms with Crippen LogP contribution in [0.25, 0.3) is 0 Å². The molecular weight excluding hydrogens is 228 g/mol. The lowest BCUT2D eigenvalue weighted by molar-refractivity contribution is -0.123. The first kappa shape index (κ1) is 14.2. The van der Waals surface area contributed by atoms with Crippen LogP contribution in [0.2, 0.25) is 0 Å². The molecule has 96 valence electrons. The minimum Gasteiger partial charge on any atom is -0.394 e. The van der Waals surface area contributed by atoms with Gasteiger partial charge in [0.05, 0.1) is 18.7 Å². The number of hydrogen-bond acceptors (Lipinski definition) is 3. The zero-order chi connectivity index (χ0) is 13.4. The van der Waals surface area contributed by atoms with Crippen molar-refractivity contribution in [3.8, 4) is 12.3 Å². The summed E-state index contributed by atoms with van der Waals surface area (Å²) in [6, 6.07) is 8.56. The van der Waals surface area contributed by atoms with Crippen molar-refractivity contribution in [3.05, 3.63) is 35.9 Å². The van der Waals surface area contributed by atoms with E-state index in [9.17, 15) is 9.90 Å². The highest BCUT2D eigenvalue weighted by Gasteiger charge is 2.17. The number of carbonyl (C=O) groups is 1. The van der Waals surface area contributed by atoms with Gasteiger partial charge in [0.1, 0.15) is 0 Å². The van der Waals surface area contributed by atoms with Crippen LogP contribution >= 0.6 is 0 Å². The van der Waals surface area contributed by atoms with Gasteiger partial charge in [-0.2, -0.15) is 0 Å². The lowest BCUT2D eigenvalue weighted by atomic mass is 10.1. The van der Waals surface area contributed by atoms with E-state index in [0.29, 0.717) is 6.42 Å². The van der Waals surface area contributed by atoms with Crippen LogP contribution in [0.15, 0.2) is 30.3 Å². The Morgan fingerprint density at radius 3 is 2.67 bits per heavy atom. The van der Waals surface area contributed by atoms with Crippen LogP contribution in [0, 0.1) is 12.3 Å². The molecule has 0 radical (unpaired) electrons. The highest BCUT2D eigenvalue weighted by atomic mass is 16.3. The summed E-state index contributed by atoms with van der Waals surface area (Å²) in [4.78, 5) is 11.6. The number of hydrogen-bond donors (Lipinski definition) is 3. The highest BCUT2D eigenvalue weighted by Crippen LogP contribution is 2.03. The van der Waals surface area contributed by atoms with E-state index < -0.39 is 6.04 Å². The Hall–Kier alpha value is -1.83. The van der Waals surface area contributed by atoms with Crippen LogP contribution in [0.1, 0.15) is 12.0 Å². The number of benzene rings is 1. The molecule has 1 rings (SSSR count). The Labute approximate surface area is 107 Å². The smallest absolute Gasteiger partial charge is 0.238 e. The van der Waals surface area contributed by atoms with Gasteiger partial charge in [-0.1, -0.05) is 30.3 Å². The molecule has 0 heterocycles. The summed E-state index contributed by atoms with van der Waals surface area (Å²) in [6.45, 7) is -0.136. The van der Waals surface area contributed by atoms with Crippen molar-refractivity contribution in [2.75, 3.05) is 6.61 Å². The molecule has 0 aliphatic heterocycles. The van der Waals surface area contributed by atoms with Gasteiger partial charge in [-0.3, -0.25) is 4.79 Å². The summed E-state index contributed by atoms with van der Waals surface area (Å²) in [6.07, 6.45) is 5.85. The summed E-state index contributed by atoms with van der Waals surface area (Å²) >= 11 is 0. The third-order valence-corrected chi connectivity index (χ3v) is 2.57. The minimum absolute atomic E-state index is 0.136. The molecule has 18 heavy (non-hydrogen) atoms. The first-order chi connectivity index (χ1) is 8.67. The van der Waals surface area contributed by atoms with Crippen LogP contribution in [-0.4, -0.2) is 29.7 Å². The maximum Gasteiger partial charge on any atom is 0.238 e. The summed E-state index contributed by atoms with van der Waals surface area (Å²) in [5.41, 5.74) is 6.63. The van der Waals surface area contributed by atoms with E-state index >= 15 is 0 Å². The molecule has 4 nitrogen and oxygen atoms in total. The zero-order valence-corrected chi connectivity index (χ0v) is 10.2. The molecule has 1 aromatic carbocycles. The predicted octanol–water partition coefficient (Wildman–Crippen LogP) is 0.0568. The molecule has 4 N–H and O–H groups in total. The van der Waals surface area contributed by atoms with E-state index in [1.807, 2.05) is 30.3 Å². The molecule has 2 atom stereocenters. The molecule has 0 spiro atoms. The lowest BCUT2D eigenvalue weighted by Gasteiger charge is -2.18. The summed E-state index contributed by atoms with van der Waals surface area (Å²) in [5.74, 6) is 2.01. The highest BCUT2D eigenvalue weighted by molar-refractivity contribution is 5.82. The molecule has 0 saturated carbocycles. The number of amides is 1. The Kier molecular flexibility index (Phi) is 5.92. The average molecular weight is 246 g/mol. The monoisotopic (exact) mass is 246 g/mol. The Bertz CT molecular complexity index is 412. The Morgan fingerprint density at radius 1 is 1.44 bits per heavy atom. The standard InChI is InChI=1S/C14H18N2O2/c1-2-6-13(15)14(18)16-12(10-17)9-11-7-4-3-5-8-11/h1,3-5,7-8,12-13,17H,6,9-10,15H2,(H,16,18)/t12-,13?/m0/s1. The maximum atomic E-state index is 11.6. The number of aliphatic hydroxyl groups is 1. The Balaban J connectivity index is 2.52. The van der Waals surface area contributed by atoms with Crippen molar-refractivity contribution in [2.24, 2.45) is 5.73 Å². The molecule has 0 bridgehead atoms. The molecule has 0 aliphatic carbocycles. The molecule has 4 heteroatoms. The molecule has 0 fully saturated rings. The van der Waals surface area contributed by atoms with Gasteiger partial charge >= 0.3 is 0 Å². The first-order valence-electron chi connectivity index (χ1n) is 5.81. The number of terminal acetylenes is 1.